The van der Waals surface area contributed by atoms with E-state index in [1.807, 2.05) is 25.1 Å². The molecule has 21 heavy (non-hydrogen) atoms. The summed E-state index contributed by atoms with van der Waals surface area (Å²) in [4.78, 5) is 4.18. The molecule has 6 nitrogen and oxygen atoms in total. The molecule has 0 aliphatic heterocycles. The van der Waals surface area contributed by atoms with Crippen molar-refractivity contribution in [2.75, 3.05) is 35.0 Å². The second-order valence-electron chi connectivity index (χ2n) is 4.62. The average molecular weight is 295 g/mol. The minimum absolute atomic E-state index is 0.187. The van der Waals surface area contributed by atoms with Crippen molar-refractivity contribution < 1.29 is 14.2 Å². The molecule has 0 aromatic heterocycles. The molecule has 0 aliphatic carbocycles. The molecular weight excluding hydrogens is 270 g/mol. The van der Waals surface area contributed by atoms with E-state index in [9.17, 15) is 0 Å². The molecule has 0 amide bonds. The van der Waals surface area contributed by atoms with Gasteiger partial charge in [-0.05, 0) is 24.6 Å². The van der Waals surface area contributed by atoms with Crippen molar-refractivity contribution in [3.63, 3.8) is 0 Å². The molecule has 0 bridgehead atoms. The van der Waals surface area contributed by atoms with Gasteiger partial charge >= 0.3 is 0 Å². The zero-order chi connectivity index (χ0) is 15.7. The molecular formula is C15H25N3O3. The number of hydrogen-bond acceptors (Lipinski definition) is 4. The maximum atomic E-state index is 5.29. The summed E-state index contributed by atoms with van der Waals surface area (Å²) in [6.07, 6.45) is 0. The monoisotopic (exact) mass is 295 g/mol. The van der Waals surface area contributed by atoms with Crippen LogP contribution in [0.2, 0.25) is 0 Å². The van der Waals surface area contributed by atoms with Crippen LogP contribution >= 0.6 is 0 Å². The third-order valence-corrected chi connectivity index (χ3v) is 2.93. The zero-order valence-electron chi connectivity index (χ0n) is 13.4. The fourth-order valence-electron chi connectivity index (χ4n) is 1.90. The first kappa shape index (κ1) is 17.1. The van der Waals surface area contributed by atoms with Crippen LogP contribution in [-0.4, -0.2) is 47.0 Å². The predicted octanol–water partition coefficient (Wildman–Crippen LogP) is 1.40. The molecule has 6 heteroatoms. The van der Waals surface area contributed by atoms with Crippen LogP contribution in [0.15, 0.2) is 23.2 Å². The largest absolute Gasteiger partial charge is 0.493 e. The van der Waals surface area contributed by atoms with Crippen LogP contribution < -0.4 is 20.1 Å². The molecule has 0 fully saturated rings. The van der Waals surface area contributed by atoms with Crippen molar-refractivity contribution in [3.8, 4) is 11.5 Å². The molecule has 0 spiro atoms. The summed E-state index contributed by atoms with van der Waals surface area (Å²) in [6.45, 7) is 3.30. The molecule has 1 aromatic rings. The van der Waals surface area contributed by atoms with Gasteiger partial charge in [-0.25, -0.2) is 0 Å². The minimum Gasteiger partial charge on any atom is -0.493 e. The molecule has 1 atom stereocenters. The quantitative estimate of drug-likeness (QED) is 0.588. The Balaban J connectivity index is 2.61. The average Bonchev–Trinajstić information content (AvgIpc) is 2.51. The van der Waals surface area contributed by atoms with Crippen LogP contribution in [0.1, 0.15) is 12.5 Å². The summed E-state index contributed by atoms with van der Waals surface area (Å²) >= 11 is 0. The van der Waals surface area contributed by atoms with Crippen LogP contribution in [0.5, 0.6) is 11.5 Å². The maximum Gasteiger partial charge on any atom is 0.191 e. The normalized spacial score (nSPS) is 12.7. The summed E-state index contributed by atoms with van der Waals surface area (Å²) in [7, 11) is 6.67. The van der Waals surface area contributed by atoms with Crippen LogP contribution in [0.25, 0.3) is 0 Å². The van der Waals surface area contributed by atoms with Crippen molar-refractivity contribution in [1.82, 2.24) is 10.6 Å². The number of methoxy groups -OCH3 is 3. The van der Waals surface area contributed by atoms with Crippen molar-refractivity contribution >= 4 is 5.96 Å². The second-order valence-corrected chi connectivity index (χ2v) is 4.62. The topological polar surface area (TPSA) is 64.1 Å². The van der Waals surface area contributed by atoms with E-state index in [1.165, 1.54) is 0 Å². The van der Waals surface area contributed by atoms with Crippen molar-refractivity contribution in [1.29, 1.82) is 0 Å². The van der Waals surface area contributed by atoms with Crippen LogP contribution in [0.3, 0.4) is 0 Å². The van der Waals surface area contributed by atoms with Crippen LogP contribution in [-0.2, 0) is 11.3 Å². The summed E-state index contributed by atoms with van der Waals surface area (Å²) < 4.78 is 15.6. The van der Waals surface area contributed by atoms with Gasteiger partial charge in [0.05, 0.1) is 20.8 Å². The number of rotatable bonds is 7. The number of ether oxygens (including phenoxy) is 3. The lowest BCUT2D eigenvalue weighted by Crippen LogP contribution is -2.43. The van der Waals surface area contributed by atoms with Crippen LogP contribution in [0, 0.1) is 0 Å². The Morgan fingerprint density at radius 2 is 1.90 bits per heavy atom. The highest BCUT2D eigenvalue weighted by Gasteiger charge is 2.07. The highest BCUT2D eigenvalue weighted by Crippen LogP contribution is 2.27. The van der Waals surface area contributed by atoms with E-state index in [4.69, 9.17) is 14.2 Å². The second kappa shape index (κ2) is 9.07. The molecule has 0 saturated heterocycles. The van der Waals surface area contributed by atoms with E-state index in [1.54, 1.807) is 28.4 Å². The summed E-state index contributed by atoms with van der Waals surface area (Å²) in [5, 5.41) is 6.50. The molecule has 0 radical (unpaired) electrons. The molecule has 1 aromatic carbocycles. The third-order valence-electron chi connectivity index (χ3n) is 2.93. The van der Waals surface area contributed by atoms with Gasteiger partial charge in [-0.1, -0.05) is 6.07 Å². The summed E-state index contributed by atoms with van der Waals surface area (Å²) in [5.74, 6) is 2.17. The lowest BCUT2D eigenvalue weighted by atomic mass is 10.2. The highest BCUT2D eigenvalue weighted by atomic mass is 16.5. The van der Waals surface area contributed by atoms with Crippen molar-refractivity contribution in [2.45, 2.75) is 19.5 Å². The Kier molecular flexibility index (Phi) is 7.39. The maximum absolute atomic E-state index is 5.29. The molecule has 0 saturated carbocycles. The molecule has 0 heterocycles. The van der Waals surface area contributed by atoms with Gasteiger partial charge in [0.15, 0.2) is 17.5 Å². The fraction of sp³-hybridized carbons (Fsp3) is 0.533. The Labute approximate surface area is 126 Å². The van der Waals surface area contributed by atoms with E-state index in [2.05, 4.69) is 15.6 Å². The van der Waals surface area contributed by atoms with Crippen molar-refractivity contribution in [2.24, 2.45) is 4.99 Å². The first-order valence-corrected chi connectivity index (χ1v) is 6.81. The summed E-state index contributed by atoms with van der Waals surface area (Å²) in [6, 6.07) is 6.00. The highest BCUT2D eigenvalue weighted by molar-refractivity contribution is 5.79. The van der Waals surface area contributed by atoms with E-state index < -0.39 is 0 Å². The molecule has 1 rings (SSSR count). The first-order chi connectivity index (χ1) is 10.1. The minimum atomic E-state index is 0.187. The molecule has 118 valence electrons. The number of nitrogens with zero attached hydrogens (tertiary/aromatic N) is 1. The lowest BCUT2D eigenvalue weighted by Gasteiger charge is -2.17. The number of nitrogens with one attached hydrogen (secondary N) is 2. The van der Waals surface area contributed by atoms with Gasteiger partial charge in [0.1, 0.15) is 0 Å². The Morgan fingerprint density at radius 1 is 1.19 bits per heavy atom. The number of guanidine groups is 1. The van der Waals surface area contributed by atoms with E-state index in [-0.39, 0.29) is 6.04 Å². The third kappa shape index (κ3) is 5.51. The molecule has 2 N–H and O–H groups in total. The van der Waals surface area contributed by atoms with Crippen LogP contribution in [0.4, 0.5) is 0 Å². The standard InChI is InChI=1S/C15H25N3O3/c1-11(10-19-3)18-15(16-2)17-9-12-6-7-13(20-4)14(8-12)21-5/h6-8,11H,9-10H2,1-5H3,(H2,16,17,18). The zero-order valence-corrected chi connectivity index (χ0v) is 13.4. The molecule has 0 aliphatic rings. The van der Waals surface area contributed by atoms with Gasteiger partial charge in [-0.15, -0.1) is 0 Å². The Hall–Kier alpha value is -1.95. The molecule has 1 unspecified atom stereocenters. The smallest absolute Gasteiger partial charge is 0.191 e. The van der Waals surface area contributed by atoms with E-state index >= 15 is 0 Å². The summed E-state index contributed by atoms with van der Waals surface area (Å²) in [5.41, 5.74) is 1.08. The predicted molar refractivity (Wildman–Crippen MR) is 84.2 cm³/mol. The van der Waals surface area contributed by atoms with E-state index in [0.29, 0.717) is 18.9 Å². The lowest BCUT2D eigenvalue weighted by molar-refractivity contribution is 0.179. The van der Waals surface area contributed by atoms with Gasteiger partial charge in [0.25, 0.3) is 0 Å². The first-order valence-electron chi connectivity index (χ1n) is 6.81. The number of benzene rings is 1. The van der Waals surface area contributed by atoms with Gasteiger partial charge < -0.3 is 24.8 Å². The van der Waals surface area contributed by atoms with E-state index in [0.717, 1.165) is 17.3 Å². The van der Waals surface area contributed by atoms with Gasteiger partial charge in [-0.2, -0.15) is 0 Å². The van der Waals surface area contributed by atoms with Crippen molar-refractivity contribution in [3.05, 3.63) is 23.8 Å². The van der Waals surface area contributed by atoms with Gasteiger partial charge in [-0.3, -0.25) is 4.99 Å². The SMILES string of the molecule is CN=C(NCc1ccc(OC)c(OC)c1)NC(C)COC. The number of aliphatic imine (C=N–C) groups is 1. The fourth-order valence-corrected chi connectivity index (χ4v) is 1.90. The van der Waals surface area contributed by atoms with Gasteiger partial charge in [0.2, 0.25) is 0 Å². The number of hydrogen-bond donors (Lipinski definition) is 2. The van der Waals surface area contributed by atoms with Gasteiger partial charge in [0, 0.05) is 26.7 Å². The Bertz CT molecular complexity index is 463. The Morgan fingerprint density at radius 3 is 2.48 bits per heavy atom.